The maximum atomic E-state index is 6.07. The number of ether oxygens (including phenoxy) is 1. The smallest absolute Gasteiger partial charge is 0.241 e. The monoisotopic (exact) mass is 263 g/mol. The van der Waals surface area contributed by atoms with E-state index in [9.17, 15) is 0 Å². The van der Waals surface area contributed by atoms with Gasteiger partial charge < -0.3 is 10.5 Å². The molecule has 0 aliphatic rings. The van der Waals surface area contributed by atoms with Crippen LogP contribution in [0, 0.1) is 0 Å². The molecule has 0 saturated carbocycles. The molecule has 0 amide bonds. The highest BCUT2D eigenvalue weighted by atomic mass is 16.5. The van der Waals surface area contributed by atoms with Crippen LogP contribution >= 0.6 is 0 Å². The van der Waals surface area contributed by atoms with Crippen LogP contribution in [0.1, 0.15) is 38.9 Å². The van der Waals surface area contributed by atoms with Crippen LogP contribution in [-0.4, -0.2) is 19.6 Å². The lowest BCUT2D eigenvalue weighted by atomic mass is 10.2. The van der Waals surface area contributed by atoms with E-state index < -0.39 is 0 Å². The van der Waals surface area contributed by atoms with E-state index in [2.05, 4.69) is 31.0 Å². The lowest BCUT2D eigenvalue weighted by Gasteiger charge is -2.05. The van der Waals surface area contributed by atoms with Crippen molar-refractivity contribution in [2.75, 3.05) is 5.73 Å². The van der Waals surface area contributed by atoms with Gasteiger partial charge in [-0.1, -0.05) is 13.3 Å². The van der Waals surface area contributed by atoms with Crippen molar-refractivity contribution in [3.8, 4) is 11.6 Å². The van der Waals surface area contributed by atoms with Gasteiger partial charge in [-0.05, 0) is 20.3 Å². The van der Waals surface area contributed by atoms with Gasteiger partial charge in [0.25, 0.3) is 0 Å². The summed E-state index contributed by atoms with van der Waals surface area (Å²) in [6, 6.07) is 0.303. The van der Waals surface area contributed by atoms with E-state index in [0.717, 1.165) is 18.5 Å². The minimum atomic E-state index is 0.303. The van der Waals surface area contributed by atoms with E-state index >= 15 is 0 Å². The van der Waals surface area contributed by atoms with E-state index in [-0.39, 0.29) is 0 Å². The minimum absolute atomic E-state index is 0.303. The highest BCUT2D eigenvalue weighted by Gasteiger charge is 2.15. The van der Waals surface area contributed by atoms with Gasteiger partial charge in [0.05, 0.1) is 18.1 Å². The van der Waals surface area contributed by atoms with Crippen molar-refractivity contribution in [2.45, 2.75) is 39.7 Å². The summed E-state index contributed by atoms with van der Waals surface area (Å²) in [5, 5.41) is 8.61. The first-order valence-corrected chi connectivity index (χ1v) is 6.56. The van der Waals surface area contributed by atoms with Crippen molar-refractivity contribution in [1.29, 1.82) is 0 Å². The Morgan fingerprint density at radius 3 is 2.74 bits per heavy atom. The van der Waals surface area contributed by atoms with E-state index in [0.29, 0.717) is 23.4 Å². The third-order valence-electron chi connectivity index (χ3n) is 2.91. The summed E-state index contributed by atoms with van der Waals surface area (Å²) in [4.78, 5) is 0. The van der Waals surface area contributed by atoms with E-state index in [1.54, 1.807) is 10.9 Å². The summed E-state index contributed by atoms with van der Waals surface area (Å²) in [5.74, 6) is 1.25. The van der Waals surface area contributed by atoms with Gasteiger partial charge in [0.1, 0.15) is 5.69 Å². The van der Waals surface area contributed by atoms with Crippen LogP contribution in [0.25, 0.3) is 0 Å². The average molecular weight is 263 g/mol. The van der Waals surface area contributed by atoms with Gasteiger partial charge in [-0.3, -0.25) is 4.68 Å². The summed E-state index contributed by atoms with van der Waals surface area (Å²) >= 11 is 0. The molecule has 6 heteroatoms. The molecule has 0 bridgehead atoms. The quantitative estimate of drug-likeness (QED) is 0.899. The highest BCUT2D eigenvalue weighted by Crippen LogP contribution is 2.30. The molecule has 2 aromatic heterocycles. The van der Waals surface area contributed by atoms with Gasteiger partial charge in [-0.2, -0.15) is 10.2 Å². The number of anilines is 1. The Balaban J connectivity index is 2.22. The van der Waals surface area contributed by atoms with Gasteiger partial charge in [-0.25, -0.2) is 4.68 Å². The molecule has 0 aromatic carbocycles. The number of nitrogens with zero attached hydrogens (tertiary/aromatic N) is 4. The number of nitrogen functional groups attached to an aromatic ring is 1. The SMILES string of the molecule is CCCc1nn(C)c(Oc2cnn(C(C)C)c2)c1N. The first kappa shape index (κ1) is 13.5. The predicted molar refractivity (Wildman–Crippen MR) is 74.3 cm³/mol. The molecular formula is C13H21N5O. The summed E-state index contributed by atoms with van der Waals surface area (Å²) in [7, 11) is 1.83. The third-order valence-corrected chi connectivity index (χ3v) is 2.91. The fourth-order valence-electron chi connectivity index (χ4n) is 1.89. The van der Waals surface area contributed by atoms with Crippen LogP contribution in [0.4, 0.5) is 5.69 Å². The topological polar surface area (TPSA) is 70.9 Å². The Kier molecular flexibility index (Phi) is 3.78. The van der Waals surface area contributed by atoms with Crippen LogP contribution < -0.4 is 10.5 Å². The lowest BCUT2D eigenvalue weighted by molar-refractivity contribution is 0.430. The molecule has 0 radical (unpaired) electrons. The fraction of sp³-hybridized carbons (Fsp3) is 0.538. The summed E-state index contributed by atoms with van der Waals surface area (Å²) in [6.45, 7) is 6.23. The number of aromatic nitrogens is 4. The van der Waals surface area contributed by atoms with E-state index in [1.807, 2.05) is 17.9 Å². The van der Waals surface area contributed by atoms with Crippen molar-refractivity contribution < 1.29 is 4.74 Å². The fourth-order valence-corrected chi connectivity index (χ4v) is 1.89. The highest BCUT2D eigenvalue weighted by molar-refractivity contribution is 5.54. The second-order valence-electron chi connectivity index (χ2n) is 4.89. The van der Waals surface area contributed by atoms with E-state index in [4.69, 9.17) is 10.5 Å². The molecule has 104 valence electrons. The van der Waals surface area contributed by atoms with Gasteiger partial charge in [0, 0.05) is 13.1 Å². The molecule has 0 spiro atoms. The zero-order chi connectivity index (χ0) is 14.0. The van der Waals surface area contributed by atoms with Crippen molar-refractivity contribution >= 4 is 5.69 Å². The molecule has 0 aliphatic carbocycles. The molecule has 2 N–H and O–H groups in total. The summed E-state index contributed by atoms with van der Waals surface area (Å²) in [5.41, 5.74) is 7.57. The van der Waals surface area contributed by atoms with Crippen molar-refractivity contribution in [2.24, 2.45) is 7.05 Å². The van der Waals surface area contributed by atoms with Crippen LogP contribution in [-0.2, 0) is 13.5 Å². The molecule has 0 aliphatic heterocycles. The Labute approximate surface area is 113 Å². The number of hydrogen-bond donors (Lipinski definition) is 1. The Morgan fingerprint density at radius 2 is 2.16 bits per heavy atom. The molecule has 19 heavy (non-hydrogen) atoms. The Hall–Kier alpha value is -1.98. The van der Waals surface area contributed by atoms with Gasteiger partial charge in [-0.15, -0.1) is 0 Å². The first-order valence-electron chi connectivity index (χ1n) is 6.56. The molecule has 6 nitrogen and oxygen atoms in total. The molecule has 0 atom stereocenters. The van der Waals surface area contributed by atoms with Crippen LogP contribution in [0.15, 0.2) is 12.4 Å². The van der Waals surface area contributed by atoms with Crippen molar-refractivity contribution in [3.05, 3.63) is 18.1 Å². The molecule has 2 aromatic rings. The second-order valence-corrected chi connectivity index (χ2v) is 4.89. The number of rotatable bonds is 5. The molecule has 2 heterocycles. The number of nitrogens with two attached hydrogens (primary N) is 1. The average Bonchev–Trinajstić information content (AvgIpc) is 2.91. The summed E-state index contributed by atoms with van der Waals surface area (Å²) in [6.07, 6.45) is 5.41. The van der Waals surface area contributed by atoms with Gasteiger partial charge >= 0.3 is 0 Å². The number of aryl methyl sites for hydroxylation is 2. The minimum Gasteiger partial charge on any atom is -0.434 e. The van der Waals surface area contributed by atoms with E-state index in [1.165, 1.54) is 0 Å². The molecule has 0 unspecified atom stereocenters. The zero-order valence-electron chi connectivity index (χ0n) is 11.9. The normalized spacial score (nSPS) is 11.2. The van der Waals surface area contributed by atoms with Crippen LogP contribution in [0.5, 0.6) is 11.6 Å². The molecule has 0 saturated heterocycles. The Morgan fingerprint density at radius 1 is 1.42 bits per heavy atom. The van der Waals surface area contributed by atoms with Crippen molar-refractivity contribution in [3.63, 3.8) is 0 Å². The standard InChI is InChI=1S/C13H21N5O/c1-5-6-11-12(14)13(17(4)16-11)19-10-7-15-18(8-10)9(2)3/h7-9H,5-6,14H2,1-4H3. The largest absolute Gasteiger partial charge is 0.434 e. The van der Waals surface area contributed by atoms with Gasteiger partial charge in [0.15, 0.2) is 5.75 Å². The Bertz CT molecular complexity index is 555. The molecular weight excluding hydrogens is 242 g/mol. The van der Waals surface area contributed by atoms with Crippen LogP contribution in [0.3, 0.4) is 0 Å². The molecule has 2 rings (SSSR count). The second kappa shape index (κ2) is 5.34. The maximum Gasteiger partial charge on any atom is 0.241 e. The first-order chi connectivity index (χ1) is 9.02. The van der Waals surface area contributed by atoms with Gasteiger partial charge in [0.2, 0.25) is 5.88 Å². The maximum absolute atomic E-state index is 6.07. The van der Waals surface area contributed by atoms with Crippen LogP contribution in [0.2, 0.25) is 0 Å². The number of hydrogen-bond acceptors (Lipinski definition) is 4. The molecule has 0 fully saturated rings. The zero-order valence-corrected chi connectivity index (χ0v) is 11.9. The third kappa shape index (κ3) is 2.72. The lowest BCUT2D eigenvalue weighted by Crippen LogP contribution is -2.00. The summed E-state index contributed by atoms with van der Waals surface area (Å²) < 4.78 is 9.31. The van der Waals surface area contributed by atoms with Crippen molar-refractivity contribution in [1.82, 2.24) is 19.6 Å². The predicted octanol–water partition coefficient (Wildman–Crippen LogP) is 2.52.